The zero-order chi connectivity index (χ0) is 19.0. The highest BCUT2D eigenvalue weighted by Gasteiger charge is 2.57. The van der Waals surface area contributed by atoms with E-state index in [2.05, 4.69) is 24.0 Å². The fraction of sp³-hybridized carbons (Fsp3) is 0.650. The molecule has 2 N–H and O–H groups in total. The molecule has 3 heterocycles. The Hall–Kier alpha value is -2.15. The molecular formula is C20H28N4O3. The number of aromatic nitrogens is 1. The van der Waals surface area contributed by atoms with Crippen LogP contribution in [0.5, 0.6) is 0 Å². The Morgan fingerprint density at radius 3 is 2.44 bits per heavy atom. The number of amides is 3. The molecule has 1 saturated carbocycles. The quantitative estimate of drug-likeness (QED) is 0.616. The van der Waals surface area contributed by atoms with Crippen molar-refractivity contribution >= 4 is 11.9 Å². The van der Waals surface area contributed by atoms with Crippen LogP contribution in [0, 0.1) is 17.3 Å². The molecular weight excluding hydrogens is 344 g/mol. The number of carbonyl (C=O) groups is 2. The van der Waals surface area contributed by atoms with Crippen LogP contribution in [-0.4, -0.2) is 58.1 Å². The van der Waals surface area contributed by atoms with Crippen molar-refractivity contribution in [3.8, 4) is 0 Å². The maximum absolute atomic E-state index is 13.1. The third-order valence-electron chi connectivity index (χ3n) is 6.89. The lowest BCUT2D eigenvalue weighted by atomic mass is 9.84. The topological polar surface area (TPSA) is 85.8 Å². The van der Waals surface area contributed by atoms with Crippen molar-refractivity contribution in [2.75, 3.05) is 26.2 Å². The average molecular weight is 372 g/mol. The van der Waals surface area contributed by atoms with Gasteiger partial charge in [-0.25, -0.2) is 10.3 Å². The monoisotopic (exact) mass is 372 g/mol. The maximum Gasteiger partial charge on any atom is 0.320 e. The molecule has 1 aliphatic carbocycles. The van der Waals surface area contributed by atoms with E-state index in [1.165, 1.54) is 5.56 Å². The summed E-state index contributed by atoms with van der Waals surface area (Å²) in [5, 5.41) is 9.04. The van der Waals surface area contributed by atoms with Crippen molar-refractivity contribution in [1.82, 2.24) is 20.3 Å². The third kappa shape index (κ3) is 3.52. The van der Waals surface area contributed by atoms with E-state index < -0.39 is 0 Å². The number of nitrogens with one attached hydrogen (secondary N) is 1. The number of nitrogens with zero attached hydrogens (tertiary/aromatic N) is 3. The molecule has 3 amide bonds. The lowest BCUT2D eigenvalue weighted by molar-refractivity contribution is -0.135. The Kier molecular flexibility index (Phi) is 4.80. The van der Waals surface area contributed by atoms with Gasteiger partial charge >= 0.3 is 6.03 Å². The highest BCUT2D eigenvalue weighted by Crippen LogP contribution is 2.58. The van der Waals surface area contributed by atoms with Crippen LogP contribution in [0.4, 0.5) is 4.79 Å². The Morgan fingerprint density at radius 2 is 1.85 bits per heavy atom. The summed E-state index contributed by atoms with van der Waals surface area (Å²) in [7, 11) is 0. The molecule has 4 rings (SSSR count). The Bertz CT molecular complexity index is 704. The van der Waals surface area contributed by atoms with Crippen LogP contribution < -0.4 is 5.48 Å². The van der Waals surface area contributed by atoms with E-state index in [9.17, 15) is 9.59 Å². The minimum absolute atomic E-state index is 0.0390. The number of pyridine rings is 1. The van der Waals surface area contributed by atoms with Gasteiger partial charge in [-0.15, -0.1) is 0 Å². The molecule has 2 saturated heterocycles. The van der Waals surface area contributed by atoms with E-state index >= 15 is 0 Å². The minimum atomic E-state index is -0.373. The summed E-state index contributed by atoms with van der Waals surface area (Å²) in [6.45, 7) is 4.78. The Morgan fingerprint density at radius 1 is 1.19 bits per heavy atom. The number of hydrogen-bond donors (Lipinski definition) is 2. The number of carbonyl (C=O) groups excluding carboxylic acids is 2. The van der Waals surface area contributed by atoms with Gasteiger partial charge in [-0.2, -0.15) is 0 Å². The summed E-state index contributed by atoms with van der Waals surface area (Å²) < 4.78 is 0. The van der Waals surface area contributed by atoms with Crippen molar-refractivity contribution in [2.45, 2.75) is 38.5 Å². The maximum atomic E-state index is 13.1. The normalized spacial score (nSPS) is 31.0. The first-order chi connectivity index (χ1) is 13.0. The van der Waals surface area contributed by atoms with E-state index in [1.54, 1.807) is 5.48 Å². The Labute approximate surface area is 159 Å². The van der Waals surface area contributed by atoms with Crippen LogP contribution in [0.15, 0.2) is 24.5 Å². The smallest absolute Gasteiger partial charge is 0.320 e. The van der Waals surface area contributed by atoms with Crippen LogP contribution in [0.25, 0.3) is 0 Å². The van der Waals surface area contributed by atoms with Gasteiger partial charge in [0.15, 0.2) is 0 Å². The van der Waals surface area contributed by atoms with Crippen LogP contribution in [0.3, 0.4) is 0 Å². The van der Waals surface area contributed by atoms with Crippen LogP contribution in [0.2, 0.25) is 0 Å². The predicted octanol–water partition coefficient (Wildman–Crippen LogP) is 2.23. The summed E-state index contributed by atoms with van der Waals surface area (Å²) in [6, 6.07) is 4.16. The van der Waals surface area contributed by atoms with Crippen molar-refractivity contribution in [1.29, 1.82) is 0 Å². The lowest BCUT2D eigenvalue weighted by Gasteiger charge is -2.42. The summed E-state index contributed by atoms with van der Waals surface area (Å²) >= 11 is 0. The molecule has 7 heteroatoms. The third-order valence-corrected chi connectivity index (χ3v) is 6.89. The first-order valence-corrected chi connectivity index (χ1v) is 9.90. The van der Waals surface area contributed by atoms with E-state index in [0.717, 1.165) is 45.3 Å². The molecule has 2 aliphatic heterocycles. The molecule has 146 valence electrons. The summed E-state index contributed by atoms with van der Waals surface area (Å²) in [4.78, 5) is 33.0. The van der Waals surface area contributed by atoms with Gasteiger partial charge in [0.2, 0.25) is 5.91 Å². The van der Waals surface area contributed by atoms with E-state index in [1.807, 2.05) is 22.2 Å². The van der Waals surface area contributed by atoms with Gasteiger partial charge < -0.3 is 9.80 Å². The van der Waals surface area contributed by atoms with Gasteiger partial charge in [0.1, 0.15) is 0 Å². The van der Waals surface area contributed by atoms with Gasteiger partial charge in [0.05, 0.1) is 5.92 Å². The highest BCUT2D eigenvalue weighted by atomic mass is 16.5. The average Bonchev–Trinajstić information content (AvgIpc) is 3.33. The van der Waals surface area contributed by atoms with Crippen LogP contribution in [0.1, 0.15) is 44.1 Å². The molecule has 0 radical (unpaired) electrons. The van der Waals surface area contributed by atoms with E-state index in [4.69, 9.17) is 5.21 Å². The predicted molar refractivity (Wildman–Crippen MR) is 99.0 cm³/mol. The number of piperidine rings is 2. The lowest BCUT2D eigenvalue weighted by Crippen LogP contribution is -2.54. The second kappa shape index (κ2) is 7.11. The van der Waals surface area contributed by atoms with Gasteiger partial charge in [-0.3, -0.25) is 15.0 Å². The van der Waals surface area contributed by atoms with E-state index in [-0.39, 0.29) is 23.3 Å². The van der Waals surface area contributed by atoms with Crippen molar-refractivity contribution in [2.24, 2.45) is 17.3 Å². The number of urea groups is 1. The summed E-state index contributed by atoms with van der Waals surface area (Å²) in [6.07, 6.45) is 7.36. The summed E-state index contributed by atoms with van der Waals surface area (Å²) in [5.41, 5.74) is 3.13. The zero-order valence-electron chi connectivity index (χ0n) is 15.8. The number of rotatable bonds is 2. The van der Waals surface area contributed by atoms with E-state index in [0.29, 0.717) is 18.4 Å². The van der Waals surface area contributed by atoms with Gasteiger partial charge in [0.25, 0.3) is 0 Å². The fourth-order valence-electron chi connectivity index (χ4n) is 5.04. The number of hydrogen-bond acceptors (Lipinski definition) is 4. The molecule has 3 fully saturated rings. The Balaban J connectivity index is 1.39. The van der Waals surface area contributed by atoms with Gasteiger partial charge in [0, 0.05) is 38.6 Å². The number of likely N-dealkylation sites (tertiary alicyclic amines) is 2. The second-order valence-corrected chi connectivity index (χ2v) is 8.55. The molecule has 0 unspecified atom stereocenters. The van der Waals surface area contributed by atoms with Crippen LogP contribution >= 0.6 is 0 Å². The van der Waals surface area contributed by atoms with Crippen molar-refractivity contribution < 1.29 is 14.8 Å². The summed E-state index contributed by atoms with van der Waals surface area (Å²) in [5.74, 6) is 0.301. The van der Waals surface area contributed by atoms with Gasteiger partial charge in [-0.05, 0) is 60.6 Å². The molecule has 27 heavy (non-hydrogen) atoms. The molecule has 7 nitrogen and oxygen atoms in total. The molecule has 3 atom stereocenters. The molecule has 3 aliphatic rings. The highest BCUT2D eigenvalue weighted by molar-refractivity contribution is 5.80. The second-order valence-electron chi connectivity index (χ2n) is 8.55. The molecule has 1 spiro atoms. The van der Waals surface area contributed by atoms with Gasteiger partial charge in [-0.1, -0.05) is 6.92 Å². The van der Waals surface area contributed by atoms with Crippen molar-refractivity contribution in [3.63, 3.8) is 0 Å². The largest absolute Gasteiger partial charge is 0.325 e. The SMILES string of the molecule is C[C@H]1C[C@]12C[C@H](C(=O)NO)CN(C(=O)N1CCC(c3ccncc3)CC1)C2. The number of hydroxylamine groups is 1. The van der Waals surface area contributed by atoms with Crippen LogP contribution in [-0.2, 0) is 4.79 Å². The molecule has 0 bridgehead atoms. The zero-order valence-corrected chi connectivity index (χ0v) is 15.8. The van der Waals surface area contributed by atoms with Crippen molar-refractivity contribution in [3.05, 3.63) is 30.1 Å². The first kappa shape index (κ1) is 18.2. The first-order valence-electron chi connectivity index (χ1n) is 9.90. The minimum Gasteiger partial charge on any atom is -0.325 e. The standard InChI is InChI=1S/C20H28N4O3/c1-14-10-20(14)11-17(18(25)22-27)12-24(13-20)19(26)23-8-4-16(5-9-23)15-2-6-21-7-3-15/h2-3,6-7,14,16-17,27H,4-5,8-13H2,1H3,(H,22,25)/t14-,17-,20+/m0/s1. The molecule has 1 aromatic heterocycles. The molecule has 0 aromatic carbocycles. The fourth-order valence-corrected chi connectivity index (χ4v) is 5.04. The molecule has 1 aromatic rings.